The van der Waals surface area contributed by atoms with Crippen LogP contribution in [-0.2, 0) is 0 Å². The molecule has 1 aromatic heterocycles. The van der Waals surface area contributed by atoms with Crippen LogP contribution in [0.5, 0.6) is 5.75 Å². The third-order valence-corrected chi connectivity index (χ3v) is 3.44. The third kappa shape index (κ3) is 1.65. The normalized spacial score (nSPS) is 13.2. The predicted molar refractivity (Wildman–Crippen MR) is 74.0 cm³/mol. The number of imidazole rings is 1. The topological polar surface area (TPSA) is 47.3 Å². The largest absolute Gasteiger partial charge is 0.424 e. The van der Waals surface area contributed by atoms with Crippen LogP contribution in [0.15, 0.2) is 30.5 Å². The van der Waals surface area contributed by atoms with Crippen LogP contribution in [0, 0.1) is 0 Å². The molecule has 100 valence electrons. The first-order chi connectivity index (χ1) is 9.13. The van der Waals surface area contributed by atoms with Crippen molar-refractivity contribution in [3.05, 3.63) is 36.2 Å². The fraction of sp³-hybridized carbons (Fsp3) is 0.357. The number of nitrogens with zero attached hydrogens (tertiary/aromatic N) is 3. The van der Waals surface area contributed by atoms with Gasteiger partial charge in [-0.25, -0.2) is 4.90 Å². The second-order valence-corrected chi connectivity index (χ2v) is 5.01. The monoisotopic (exact) mass is 259 g/mol. The summed E-state index contributed by atoms with van der Waals surface area (Å²) in [5.41, 5.74) is 2.09. The lowest BCUT2D eigenvalue weighted by molar-refractivity contribution is -0.634. The summed E-state index contributed by atoms with van der Waals surface area (Å²) >= 11 is 0. The molecule has 0 saturated heterocycles. The Kier molecular flexibility index (Phi) is 2.62. The van der Waals surface area contributed by atoms with Gasteiger partial charge >= 0.3 is 5.95 Å². The molecule has 5 heteroatoms. The highest BCUT2D eigenvalue weighted by molar-refractivity contribution is 5.66. The lowest BCUT2D eigenvalue weighted by Gasteiger charge is -2.23. The molecule has 2 aromatic rings. The Balaban J connectivity index is 2.19. The van der Waals surface area contributed by atoms with E-state index in [1.165, 1.54) is 0 Å². The minimum absolute atomic E-state index is 0.341. The minimum atomic E-state index is 0.341. The average Bonchev–Trinajstić information content (AvgIpc) is 2.73. The molecule has 0 amide bonds. The summed E-state index contributed by atoms with van der Waals surface area (Å²) < 4.78 is 3.46. The zero-order valence-corrected chi connectivity index (χ0v) is 11.5. The quantitative estimate of drug-likeness (QED) is 0.662. The molecule has 2 heterocycles. The van der Waals surface area contributed by atoms with Crippen molar-refractivity contribution in [2.24, 2.45) is 0 Å². The van der Waals surface area contributed by atoms with Crippen LogP contribution in [0.2, 0.25) is 0 Å². The van der Waals surface area contributed by atoms with Gasteiger partial charge in [0, 0.05) is 5.92 Å². The summed E-state index contributed by atoms with van der Waals surface area (Å²) in [5, 5.41) is 0. The molecule has 0 aliphatic carbocycles. The molecule has 0 unspecified atom stereocenters. The van der Waals surface area contributed by atoms with Crippen LogP contribution in [0.4, 0.5) is 11.6 Å². The van der Waals surface area contributed by atoms with Gasteiger partial charge in [-0.05, 0) is 23.8 Å². The van der Waals surface area contributed by atoms with Gasteiger partial charge in [0.05, 0.1) is 6.54 Å². The summed E-state index contributed by atoms with van der Waals surface area (Å²) in [4.78, 5) is 8.05. The van der Waals surface area contributed by atoms with Crippen LogP contribution in [-0.4, -0.2) is 11.3 Å². The zero-order valence-electron chi connectivity index (χ0n) is 11.5. The maximum atomic E-state index is 6.22. The molecule has 0 fully saturated rings. The summed E-state index contributed by atoms with van der Waals surface area (Å²) in [6.45, 7) is 7.18. The first-order valence-corrected chi connectivity index (χ1v) is 6.60. The number of hydrogen-bond acceptors (Lipinski definition) is 3. The van der Waals surface area contributed by atoms with Crippen LogP contribution in [0.1, 0.15) is 32.4 Å². The van der Waals surface area contributed by atoms with E-state index in [2.05, 4.69) is 25.7 Å². The number of rotatable bonds is 2. The average molecular weight is 259 g/mol. The smallest absolute Gasteiger partial charge is 0.314 e. The van der Waals surface area contributed by atoms with E-state index in [0.29, 0.717) is 5.92 Å². The molecular weight excluding hydrogens is 240 g/mol. The molecule has 0 spiro atoms. The summed E-state index contributed by atoms with van der Waals surface area (Å²) in [7, 11) is 0. The van der Waals surface area contributed by atoms with E-state index in [4.69, 9.17) is 10.7 Å². The number of anilines is 2. The molecule has 0 bridgehead atoms. The Hall–Kier alpha value is -2.17. The fourth-order valence-corrected chi connectivity index (χ4v) is 2.49. The van der Waals surface area contributed by atoms with E-state index in [9.17, 15) is 0 Å². The third-order valence-electron chi connectivity index (χ3n) is 3.44. The highest BCUT2D eigenvalue weighted by Crippen LogP contribution is 2.37. The number of nitrogen functional groups attached to an aromatic ring is 1. The van der Waals surface area contributed by atoms with Gasteiger partial charge in [-0.3, -0.25) is 5.84 Å². The minimum Gasteiger partial charge on any atom is -0.314 e. The Labute approximate surface area is 112 Å². The van der Waals surface area contributed by atoms with Crippen molar-refractivity contribution >= 4 is 11.6 Å². The molecule has 0 saturated carbocycles. The van der Waals surface area contributed by atoms with Gasteiger partial charge in [-0.15, -0.1) is 4.68 Å². The number of benzene rings is 1. The SMILES string of the molecule is CCN1c2ccccc2On2cc(C(C)C)[n+](N)c21. The molecule has 0 atom stereocenters. The predicted octanol–water partition coefficient (Wildman–Crippen LogP) is 1.93. The maximum Gasteiger partial charge on any atom is 0.424 e. The summed E-state index contributed by atoms with van der Waals surface area (Å²) in [5.74, 6) is 8.27. The van der Waals surface area contributed by atoms with Gasteiger partial charge < -0.3 is 4.84 Å². The van der Waals surface area contributed by atoms with E-state index in [1.807, 2.05) is 30.5 Å². The lowest BCUT2D eigenvalue weighted by Crippen LogP contribution is -2.52. The molecule has 0 radical (unpaired) electrons. The van der Waals surface area contributed by atoms with Crippen molar-refractivity contribution in [1.82, 2.24) is 4.73 Å². The van der Waals surface area contributed by atoms with Gasteiger partial charge in [0.25, 0.3) is 0 Å². The molecule has 5 nitrogen and oxygen atoms in total. The second-order valence-electron chi connectivity index (χ2n) is 5.01. The van der Waals surface area contributed by atoms with Gasteiger partial charge in [0.15, 0.2) is 0 Å². The van der Waals surface area contributed by atoms with Gasteiger partial charge in [-0.2, -0.15) is 0 Å². The highest BCUT2D eigenvalue weighted by Gasteiger charge is 2.36. The van der Waals surface area contributed by atoms with E-state index < -0.39 is 0 Å². The molecule has 1 aliphatic heterocycles. The number of fused-ring (bicyclic) bond motifs is 2. The number of hydrogen-bond donors (Lipinski definition) is 1. The molecule has 2 N–H and O–H groups in total. The van der Waals surface area contributed by atoms with Crippen molar-refractivity contribution in [2.45, 2.75) is 26.7 Å². The summed E-state index contributed by atoms with van der Waals surface area (Å²) in [6.07, 6.45) is 1.96. The Morgan fingerprint density at radius 2 is 2.05 bits per heavy atom. The molecule has 1 aliphatic rings. The van der Waals surface area contributed by atoms with Gasteiger partial charge in [-0.1, -0.05) is 26.0 Å². The molecule has 19 heavy (non-hydrogen) atoms. The van der Waals surface area contributed by atoms with Crippen molar-refractivity contribution in [2.75, 3.05) is 17.3 Å². The molecule has 1 aromatic carbocycles. The van der Waals surface area contributed by atoms with E-state index in [0.717, 1.165) is 29.6 Å². The van der Waals surface area contributed by atoms with Crippen molar-refractivity contribution < 1.29 is 9.51 Å². The van der Waals surface area contributed by atoms with E-state index in [-0.39, 0.29) is 0 Å². The van der Waals surface area contributed by atoms with Crippen LogP contribution < -0.4 is 20.3 Å². The first-order valence-electron chi connectivity index (χ1n) is 6.60. The second kappa shape index (κ2) is 4.19. The maximum absolute atomic E-state index is 6.22. The molecular formula is C14H19N4O+. The lowest BCUT2D eigenvalue weighted by atomic mass is 10.2. The standard InChI is InChI=1S/C14H19N4O/c1-4-16-11-7-5-6-8-13(11)19-17-9-12(10(2)3)18(15)14(16)17/h5-10H,4,15H2,1-3H3/q+1. The van der Waals surface area contributed by atoms with Crippen LogP contribution in [0.3, 0.4) is 0 Å². The number of aromatic nitrogens is 2. The Morgan fingerprint density at radius 3 is 2.74 bits per heavy atom. The summed E-state index contributed by atoms with van der Waals surface area (Å²) in [6, 6.07) is 8.00. The molecule has 3 rings (SSSR count). The van der Waals surface area contributed by atoms with Gasteiger partial charge in [0.1, 0.15) is 17.6 Å². The number of nitrogens with two attached hydrogens (primary N) is 1. The first kappa shape index (κ1) is 11.9. The van der Waals surface area contributed by atoms with E-state index >= 15 is 0 Å². The van der Waals surface area contributed by atoms with Crippen molar-refractivity contribution in [3.8, 4) is 5.75 Å². The van der Waals surface area contributed by atoms with Gasteiger partial charge in [0.2, 0.25) is 5.75 Å². The van der Waals surface area contributed by atoms with Crippen LogP contribution >= 0.6 is 0 Å². The van der Waals surface area contributed by atoms with Crippen molar-refractivity contribution in [1.29, 1.82) is 0 Å². The Morgan fingerprint density at radius 1 is 1.32 bits per heavy atom. The Bertz CT molecular complexity index is 618. The fourth-order valence-electron chi connectivity index (χ4n) is 2.49. The van der Waals surface area contributed by atoms with Crippen LogP contribution in [0.25, 0.3) is 0 Å². The van der Waals surface area contributed by atoms with Crippen molar-refractivity contribution in [3.63, 3.8) is 0 Å². The zero-order chi connectivity index (χ0) is 13.6. The highest BCUT2D eigenvalue weighted by atomic mass is 16.7. The number of para-hydroxylation sites is 2. The van der Waals surface area contributed by atoms with E-state index in [1.54, 1.807) is 9.41 Å².